The molecule has 2 rings (SSSR count). The zero-order valence-electron chi connectivity index (χ0n) is 11.0. The monoisotopic (exact) mass is 244 g/mol. The Morgan fingerprint density at radius 1 is 1.33 bits per heavy atom. The summed E-state index contributed by atoms with van der Waals surface area (Å²) in [6.45, 7) is 4.67. The maximum Gasteiger partial charge on any atom is 0.254 e. The lowest BCUT2D eigenvalue weighted by Crippen LogP contribution is -2.25. The second-order valence-electron chi connectivity index (χ2n) is 4.79. The highest BCUT2D eigenvalue weighted by Crippen LogP contribution is 2.14. The van der Waals surface area contributed by atoms with Crippen molar-refractivity contribution in [1.29, 1.82) is 0 Å². The fourth-order valence-electron chi connectivity index (χ4n) is 2.26. The number of nitrogens with zero attached hydrogens (tertiary/aromatic N) is 1. The Labute approximate surface area is 107 Å². The van der Waals surface area contributed by atoms with E-state index in [1.165, 1.54) is 0 Å². The van der Waals surface area contributed by atoms with E-state index in [1.807, 2.05) is 42.7 Å². The average Bonchev–Trinajstić information content (AvgIpc) is 2.36. The predicted molar refractivity (Wildman–Crippen MR) is 75.9 cm³/mol. The SMILES string of the molecule is CCn1c(=O)c(CCC(C)N)cc2ccccc21. The van der Waals surface area contributed by atoms with E-state index in [9.17, 15) is 4.79 Å². The molecule has 0 aliphatic heterocycles. The Morgan fingerprint density at radius 3 is 2.72 bits per heavy atom. The molecule has 0 aliphatic carbocycles. The van der Waals surface area contributed by atoms with Gasteiger partial charge in [0, 0.05) is 18.2 Å². The van der Waals surface area contributed by atoms with Gasteiger partial charge in [0.2, 0.25) is 0 Å². The predicted octanol–water partition coefficient (Wildman–Crippen LogP) is 2.30. The van der Waals surface area contributed by atoms with Crippen LogP contribution < -0.4 is 11.3 Å². The lowest BCUT2D eigenvalue weighted by Gasteiger charge is -2.11. The van der Waals surface area contributed by atoms with Crippen molar-refractivity contribution in [3.63, 3.8) is 0 Å². The molecule has 3 heteroatoms. The summed E-state index contributed by atoms with van der Waals surface area (Å²) < 4.78 is 1.84. The first-order chi connectivity index (χ1) is 8.63. The summed E-state index contributed by atoms with van der Waals surface area (Å²) in [4.78, 5) is 12.3. The van der Waals surface area contributed by atoms with Gasteiger partial charge >= 0.3 is 0 Å². The maximum absolute atomic E-state index is 12.3. The molecule has 3 nitrogen and oxygen atoms in total. The molecule has 0 saturated heterocycles. The van der Waals surface area contributed by atoms with Crippen molar-refractivity contribution in [3.8, 4) is 0 Å². The van der Waals surface area contributed by atoms with Gasteiger partial charge in [0.25, 0.3) is 5.56 Å². The average molecular weight is 244 g/mol. The van der Waals surface area contributed by atoms with Crippen LogP contribution in [0, 0.1) is 0 Å². The van der Waals surface area contributed by atoms with Crippen LogP contribution in [0.2, 0.25) is 0 Å². The van der Waals surface area contributed by atoms with Gasteiger partial charge in [-0.15, -0.1) is 0 Å². The molecule has 0 bridgehead atoms. The minimum absolute atomic E-state index is 0.122. The number of para-hydroxylation sites is 1. The van der Waals surface area contributed by atoms with Crippen LogP contribution in [0.15, 0.2) is 35.1 Å². The van der Waals surface area contributed by atoms with Gasteiger partial charge in [-0.25, -0.2) is 0 Å². The summed E-state index contributed by atoms with van der Waals surface area (Å²) in [6, 6.07) is 10.2. The summed E-state index contributed by atoms with van der Waals surface area (Å²) in [6.07, 6.45) is 1.60. The van der Waals surface area contributed by atoms with E-state index in [-0.39, 0.29) is 11.6 Å². The number of nitrogens with two attached hydrogens (primary N) is 1. The van der Waals surface area contributed by atoms with E-state index in [4.69, 9.17) is 5.73 Å². The third-order valence-corrected chi connectivity index (χ3v) is 3.26. The Hall–Kier alpha value is -1.61. The number of pyridine rings is 1. The third-order valence-electron chi connectivity index (χ3n) is 3.26. The van der Waals surface area contributed by atoms with Gasteiger partial charge in [0.05, 0.1) is 5.52 Å². The molecule has 1 unspecified atom stereocenters. The van der Waals surface area contributed by atoms with Crippen LogP contribution >= 0.6 is 0 Å². The standard InChI is InChI=1S/C15H20N2O/c1-3-17-14-7-5-4-6-12(14)10-13(15(17)18)9-8-11(2)16/h4-7,10-11H,3,8-9,16H2,1-2H3. The van der Waals surface area contributed by atoms with Crippen molar-refractivity contribution in [2.24, 2.45) is 5.73 Å². The van der Waals surface area contributed by atoms with Gasteiger partial charge in [-0.3, -0.25) is 4.79 Å². The number of fused-ring (bicyclic) bond motifs is 1. The number of hydrogen-bond acceptors (Lipinski definition) is 2. The van der Waals surface area contributed by atoms with Crippen molar-refractivity contribution in [2.75, 3.05) is 0 Å². The van der Waals surface area contributed by atoms with Crippen LogP contribution in [0.1, 0.15) is 25.8 Å². The molecule has 0 fully saturated rings. The number of aromatic nitrogens is 1. The number of aryl methyl sites for hydroxylation is 2. The number of benzene rings is 1. The van der Waals surface area contributed by atoms with Gasteiger partial charge in [-0.1, -0.05) is 18.2 Å². The molecule has 0 aliphatic rings. The minimum atomic E-state index is 0.122. The molecular formula is C15H20N2O. The van der Waals surface area contributed by atoms with Crippen LogP contribution in [0.4, 0.5) is 0 Å². The second-order valence-corrected chi connectivity index (χ2v) is 4.79. The molecule has 2 N–H and O–H groups in total. The summed E-state index contributed by atoms with van der Waals surface area (Å²) in [5.74, 6) is 0. The Bertz CT molecular complexity index is 599. The van der Waals surface area contributed by atoms with E-state index >= 15 is 0 Å². The molecule has 18 heavy (non-hydrogen) atoms. The number of rotatable bonds is 4. The first kappa shape index (κ1) is 12.8. The van der Waals surface area contributed by atoms with Crippen molar-refractivity contribution in [1.82, 2.24) is 4.57 Å². The Kier molecular flexibility index (Phi) is 3.82. The zero-order chi connectivity index (χ0) is 13.1. The van der Waals surface area contributed by atoms with Crippen LogP contribution in [0.3, 0.4) is 0 Å². The summed E-state index contributed by atoms with van der Waals surface area (Å²) in [7, 11) is 0. The smallest absolute Gasteiger partial charge is 0.254 e. The molecule has 1 aromatic carbocycles. The summed E-state index contributed by atoms with van der Waals surface area (Å²) in [5, 5.41) is 1.12. The molecule has 0 radical (unpaired) electrons. The van der Waals surface area contributed by atoms with E-state index in [2.05, 4.69) is 6.07 Å². The van der Waals surface area contributed by atoms with E-state index in [1.54, 1.807) is 0 Å². The van der Waals surface area contributed by atoms with Crippen LogP contribution in [-0.4, -0.2) is 10.6 Å². The molecule has 96 valence electrons. The topological polar surface area (TPSA) is 48.0 Å². The molecule has 0 saturated carbocycles. The third kappa shape index (κ3) is 2.46. The van der Waals surface area contributed by atoms with Gasteiger partial charge in [-0.05, 0) is 44.2 Å². The fourth-order valence-corrected chi connectivity index (χ4v) is 2.26. The highest BCUT2D eigenvalue weighted by Gasteiger charge is 2.08. The minimum Gasteiger partial charge on any atom is -0.328 e. The maximum atomic E-state index is 12.3. The van der Waals surface area contributed by atoms with Crippen molar-refractivity contribution >= 4 is 10.9 Å². The molecule has 1 heterocycles. The van der Waals surface area contributed by atoms with Crippen LogP contribution in [0.25, 0.3) is 10.9 Å². The first-order valence-electron chi connectivity index (χ1n) is 6.50. The van der Waals surface area contributed by atoms with Crippen LogP contribution in [-0.2, 0) is 13.0 Å². The van der Waals surface area contributed by atoms with Crippen LogP contribution in [0.5, 0.6) is 0 Å². The lowest BCUT2D eigenvalue weighted by molar-refractivity contribution is 0.655. The molecule has 1 atom stereocenters. The van der Waals surface area contributed by atoms with Crippen molar-refractivity contribution < 1.29 is 0 Å². The Balaban J connectivity index is 2.54. The van der Waals surface area contributed by atoms with E-state index < -0.39 is 0 Å². The zero-order valence-corrected chi connectivity index (χ0v) is 11.0. The first-order valence-corrected chi connectivity index (χ1v) is 6.50. The van der Waals surface area contributed by atoms with E-state index in [0.29, 0.717) is 6.54 Å². The summed E-state index contributed by atoms with van der Waals surface area (Å²) in [5.41, 5.74) is 7.76. The molecule has 2 aromatic rings. The quantitative estimate of drug-likeness (QED) is 0.897. The second kappa shape index (κ2) is 5.36. The lowest BCUT2D eigenvalue weighted by atomic mass is 10.1. The van der Waals surface area contributed by atoms with Crippen molar-refractivity contribution in [3.05, 3.63) is 46.2 Å². The van der Waals surface area contributed by atoms with E-state index in [0.717, 1.165) is 29.3 Å². The molecular weight excluding hydrogens is 224 g/mol. The van der Waals surface area contributed by atoms with Gasteiger partial charge in [0.15, 0.2) is 0 Å². The summed E-state index contributed by atoms with van der Waals surface area (Å²) >= 11 is 0. The molecule has 0 amide bonds. The largest absolute Gasteiger partial charge is 0.328 e. The Morgan fingerprint density at radius 2 is 2.06 bits per heavy atom. The van der Waals surface area contributed by atoms with Gasteiger partial charge < -0.3 is 10.3 Å². The van der Waals surface area contributed by atoms with Gasteiger partial charge in [-0.2, -0.15) is 0 Å². The number of hydrogen-bond donors (Lipinski definition) is 1. The molecule has 1 aromatic heterocycles. The fraction of sp³-hybridized carbons (Fsp3) is 0.400. The van der Waals surface area contributed by atoms with Crippen molar-refractivity contribution in [2.45, 2.75) is 39.3 Å². The van der Waals surface area contributed by atoms with Gasteiger partial charge in [0.1, 0.15) is 0 Å². The highest BCUT2D eigenvalue weighted by atomic mass is 16.1. The molecule has 0 spiro atoms. The normalized spacial score (nSPS) is 12.8. The highest BCUT2D eigenvalue weighted by molar-refractivity contribution is 5.79.